The summed E-state index contributed by atoms with van der Waals surface area (Å²) in [6.45, 7) is 4.44. The van der Waals surface area contributed by atoms with Gasteiger partial charge < -0.3 is 4.57 Å². The molecule has 0 N–H and O–H groups in total. The summed E-state index contributed by atoms with van der Waals surface area (Å²) in [5.74, 6) is 0. The fraction of sp³-hybridized carbons (Fsp3) is 0.500. The molecule has 0 amide bonds. The third-order valence-corrected chi connectivity index (χ3v) is 4.30. The third-order valence-electron chi connectivity index (χ3n) is 2.90. The number of rotatable bonds is 4. The zero-order valence-electron chi connectivity index (χ0n) is 9.64. The molecule has 2 heterocycles. The smallest absolute Gasteiger partial charge is 0.125 e. The van der Waals surface area contributed by atoms with Crippen LogP contribution >= 0.6 is 23.6 Å². The number of aromatic nitrogens is 2. The predicted octanol–water partition coefficient (Wildman–Crippen LogP) is 4.58. The molecule has 0 aromatic carbocycles. The van der Waals surface area contributed by atoms with Crippen molar-refractivity contribution in [3.8, 4) is 0 Å². The van der Waals surface area contributed by atoms with E-state index in [-0.39, 0.29) is 0 Å². The summed E-state index contributed by atoms with van der Waals surface area (Å²) in [5.41, 5.74) is 2.89. The molecular weight excluding hydrogens is 236 g/mol. The molecule has 2 nitrogen and oxygen atoms in total. The van der Waals surface area contributed by atoms with Crippen molar-refractivity contribution in [2.45, 2.75) is 39.2 Å². The van der Waals surface area contributed by atoms with Gasteiger partial charge in [0.05, 0.1) is 15.7 Å². The van der Waals surface area contributed by atoms with Crippen LogP contribution in [0.25, 0.3) is 10.2 Å². The van der Waals surface area contributed by atoms with Gasteiger partial charge in [-0.3, -0.25) is 0 Å². The second kappa shape index (κ2) is 5.06. The summed E-state index contributed by atoms with van der Waals surface area (Å²) < 4.78 is 4.33. The quantitative estimate of drug-likeness (QED) is 0.741. The number of pyridine rings is 1. The van der Waals surface area contributed by atoms with Crippen molar-refractivity contribution in [3.63, 3.8) is 0 Å². The Morgan fingerprint density at radius 3 is 3.00 bits per heavy atom. The lowest BCUT2D eigenvalue weighted by Gasteiger charge is -2.18. The number of hydrogen-bond donors (Lipinski definition) is 0. The largest absolute Gasteiger partial charge is 0.335 e. The molecule has 0 aliphatic heterocycles. The molecule has 0 radical (unpaired) electrons. The van der Waals surface area contributed by atoms with Crippen LogP contribution < -0.4 is 0 Å². The Hall–Kier alpha value is -0.740. The zero-order valence-corrected chi connectivity index (χ0v) is 11.3. The van der Waals surface area contributed by atoms with E-state index in [1.165, 1.54) is 12.8 Å². The molecule has 2 aromatic rings. The molecule has 1 atom stereocenters. The summed E-state index contributed by atoms with van der Waals surface area (Å²) in [6, 6.07) is 2.60. The van der Waals surface area contributed by atoms with Crippen LogP contribution in [0.1, 0.15) is 39.2 Å². The van der Waals surface area contributed by atoms with E-state index in [1.54, 1.807) is 11.3 Å². The van der Waals surface area contributed by atoms with E-state index in [0.29, 0.717) is 6.04 Å². The van der Waals surface area contributed by atoms with Gasteiger partial charge in [0.15, 0.2) is 0 Å². The highest BCUT2D eigenvalue weighted by Gasteiger charge is 2.09. The highest BCUT2D eigenvalue weighted by molar-refractivity contribution is 7.71. The van der Waals surface area contributed by atoms with Gasteiger partial charge in [0.2, 0.25) is 0 Å². The topological polar surface area (TPSA) is 17.8 Å². The highest BCUT2D eigenvalue weighted by Crippen LogP contribution is 2.24. The minimum atomic E-state index is 0.531. The Bertz CT molecular complexity index is 527. The monoisotopic (exact) mass is 252 g/mol. The fourth-order valence-corrected chi connectivity index (χ4v) is 3.21. The van der Waals surface area contributed by atoms with Gasteiger partial charge >= 0.3 is 0 Å². The molecule has 0 saturated heterocycles. The van der Waals surface area contributed by atoms with Crippen LogP contribution in [0.2, 0.25) is 0 Å². The molecule has 0 bridgehead atoms. The molecule has 86 valence electrons. The average molecular weight is 252 g/mol. The summed E-state index contributed by atoms with van der Waals surface area (Å²) >= 11 is 7.18. The SMILES string of the molecule is CCCC(CC)n1ccc2ncsc2c1=S. The minimum absolute atomic E-state index is 0.531. The number of fused-ring (bicyclic) bond motifs is 1. The van der Waals surface area contributed by atoms with Gasteiger partial charge in [-0.2, -0.15) is 0 Å². The molecular formula is C12H16N2S2. The summed E-state index contributed by atoms with van der Waals surface area (Å²) in [7, 11) is 0. The predicted molar refractivity (Wildman–Crippen MR) is 72.7 cm³/mol. The molecule has 0 aliphatic carbocycles. The maximum absolute atomic E-state index is 5.54. The summed E-state index contributed by atoms with van der Waals surface area (Å²) in [4.78, 5) is 4.29. The second-order valence-corrected chi connectivity index (χ2v) is 5.19. The van der Waals surface area contributed by atoms with Crippen molar-refractivity contribution in [3.05, 3.63) is 22.4 Å². The Labute approximate surface area is 105 Å². The Morgan fingerprint density at radius 2 is 2.31 bits per heavy atom. The minimum Gasteiger partial charge on any atom is -0.335 e. The lowest BCUT2D eigenvalue weighted by molar-refractivity contribution is 0.444. The van der Waals surface area contributed by atoms with Crippen molar-refractivity contribution in [2.75, 3.05) is 0 Å². The average Bonchev–Trinajstić information content (AvgIpc) is 2.76. The molecule has 0 saturated carbocycles. The first kappa shape index (κ1) is 11.7. The molecule has 0 aliphatic rings. The number of hydrogen-bond acceptors (Lipinski definition) is 3. The standard InChI is InChI=1S/C12H16N2S2/c1-3-5-9(4-2)14-7-6-10-11(12(14)15)16-8-13-10/h6-9H,3-5H2,1-2H3. The van der Waals surface area contributed by atoms with Gasteiger partial charge in [-0.1, -0.05) is 32.5 Å². The van der Waals surface area contributed by atoms with Crippen molar-refractivity contribution in [2.24, 2.45) is 0 Å². The van der Waals surface area contributed by atoms with Crippen molar-refractivity contribution in [1.82, 2.24) is 9.55 Å². The van der Waals surface area contributed by atoms with E-state index in [4.69, 9.17) is 12.2 Å². The van der Waals surface area contributed by atoms with Crippen molar-refractivity contribution >= 4 is 33.8 Å². The van der Waals surface area contributed by atoms with Crippen LogP contribution in [0, 0.1) is 4.64 Å². The molecule has 0 fully saturated rings. The van der Waals surface area contributed by atoms with Crippen LogP contribution in [-0.2, 0) is 0 Å². The first-order valence-corrected chi connectivity index (χ1v) is 7.01. The van der Waals surface area contributed by atoms with Crippen LogP contribution in [0.5, 0.6) is 0 Å². The molecule has 2 aromatic heterocycles. The summed E-state index contributed by atoms with van der Waals surface area (Å²) in [5, 5.41) is 0. The molecule has 4 heteroatoms. The molecule has 16 heavy (non-hydrogen) atoms. The Kier molecular flexibility index (Phi) is 3.71. The van der Waals surface area contributed by atoms with Gasteiger partial charge in [-0.15, -0.1) is 11.3 Å². The van der Waals surface area contributed by atoms with Gasteiger partial charge in [0.1, 0.15) is 4.64 Å². The maximum atomic E-state index is 5.54. The van der Waals surface area contributed by atoms with Gasteiger partial charge in [0, 0.05) is 12.2 Å². The highest BCUT2D eigenvalue weighted by atomic mass is 32.1. The first-order chi connectivity index (χ1) is 7.77. The zero-order chi connectivity index (χ0) is 11.5. The molecule has 2 rings (SSSR count). The van der Waals surface area contributed by atoms with Gasteiger partial charge in [-0.05, 0) is 18.9 Å². The Morgan fingerprint density at radius 1 is 1.50 bits per heavy atom. The number of thiazole rings is 1. The third kappa shape index (κ3) is 2.04. The van der Waals surface area contributed by atoms with Gasteiger partial charge in [0.25, 0.3) is 0 Å². The van der Waals surface area contributed by atoms with Crippen LogP contribution in [-0.4, -0.2) is 9.55 Å². The Balaban J connectivity index is 2.51. The van der Waals surface area contributed by atoms with Crippen molar-refractivity contribution in [1.29, 1.82) is 0 Å². The summed E-state index contributed by atoms with van der Waals surface area (Å²) in [6.07, 6.45) is 5.61. The fourth-order valence-electron chi connectivity index (χ4n) is 2.03. The van der Waals surface area contributed by atoms with Crippen LogP contribution in [0.15, 0.2) is 17.8 Å². The normalized spacial score (nSPS) is 13.1. The van der Waals surface area contributed by atoms with Gasteiger partial charge in [-0.25, -0.2) is 4.98 Å². The lowest BCUT2D eigenvalue weighted by Crippen LogP contribution is -2.08. The van der Waals surface area contributed by atoms with Crippen LogP contribution in [0.3, 0.4) is 0 Å². The van der Waals surface area contributed by atoms with E-state index < -0.39 is 0 Å². The number of nitrogens with zero attached hydrogens (tertiary/aromatic N) is 2. The van der Waals surface area contributed by atoms with E-state index in [0.717, 1.165) is 21.3 Å². The maximum Gasteiger partial charge on any atom is 0.125 e. The second-order valence-electron chi connectivity index (χ2n) is 3.95. The van der Waals surface area contributed by atoms with E-state index in [1.807, 2.05) is 5.51 Å². The van der Waals surface area contributed by atoms with E-state index in [2.05, 4.69) is 35.7 Å². The van der Waals surface area contributed by atoms with Crippen LogP contribution in [0.4, 0.5) is 0 Å². The van der Waals surface area contributed by atoms with E-state index in [9.17, 15) is 0 Å². The van der Waals surface area contributed by atoms with E-state index >= 15 is 0 Å². The first-order valence-electron chi connectivity index (χ1n) is 5.72. The van der Waals surface area contributed by atoms with Crippen molar-refractivity contribution < 1.29 is 0 Å². The molecule has 1 unspecified atom stereocenters. The molecule has 0 spiro atoms. The lowest BCUT2D eigenvalue weighted by atomic mass is 10.1.